The molecule has 0 aromatic carbocycles. The highest BCUT2D eigenvalue weighted by Gasteiger charge is 2.32. The molecule has 1 atom stereocenters. The molecule has 0 radical (unpaired) electrons. The lowest BCUT2D eigenvalue weighted by atomic mass is 9.99. The number of carbonyl (C=O) groups is 2. The van der Waals surface area contributed by atoms with Gasteiger partial charge in [-0.05, 0) is 63.8 Å². The van der Waals surface area contributed by atoms with E-state index in [2.05, 4.69) is 11.5 Å². The van der Waals surface area contributed by atoms with Crippen LogP contribution < -0.4 is 0 Å². The smallest absolute Gasteiger partial charge is 0.315 e. The van der Waals surface area contributed by atoms with Gasteiger partial charge in [-0.1, -0.05) is 19.8 Å². The molecule has 0 amide bonds. The number of ether oxygens (including phenoxy) is 1. The summed E-state index contributed by atoms with van der Waals surface area (Å²) in [4.78, 5) is 26.1. The Bertz CT molecular complexity index is 844. The third-order valence-electron chi connectivity index (χ3n) is 5.47. The molecule has 1 aliphatic heterocycles. The summed E-state index contributed by atoms with van der Waals surface area (Å²) >= 11 is 0. The van der Waals surface area contributed by atoms with Gasteiger partial charge in [-0.2, -0.15) is 0 Å². The van der Waals surface area contributed by atoms with Crippen molar-refractivity contribution in [2.24, 2.45) is 0 Å². The maximum absolute atomic E-state index is 13.5. The fraction of sp³-hybridized carbons (Fsp3) is 0.565. The number of unbranched alkanes of at least 4 members (excludes halogenated alkanes) is 1. The van der Waals surface area contributed by atoms with E-state index in [1.807, 2.05) is 49.7 Å². The van der Waals surface area contributed by atoms with E-state index in [9.17, 15) is 9.59 Å². The van der Waals surface area contributed by atoms with Gasteiger partial charge >= 0.3 is 5.97 Å². The number of hydrogen-bond acceptors (Lipinski definition) is 3. The van der Waals surface area contributed by atoms with Crippen LogP contribution in [0.1, 0.15) is 86.2 Å². The molecule has 152 valence electrons. The fourth-order valence-corrected chi connectivity index (χ4v) is 4.13. The van der Waals surface area contributed by atoms with Gasteiger partial charge in [0.2, 0.25) is 5.78 Å². The number of nitrogens with zero attached hydrogens (tertiary/aromatic N) is 2. The average molecular weight is 385 g/mol. The molecule has 0 saturated heterocycles. The molecule has 5 heteroatoms. The standard InChI is InChI=1S/C23H32N2O3/c1-5-6-12-24-13-9-11-19(24)22(26)21-17(4)15-20-18(23(27)28-16(2)3)10-7-8-14-25(20)21/h9,11,13,15-16,18H,5-8,10,12,14H2,1-4H3. The van der Waals surface area contributed by atoms with Crippen LogP contribution in [-0.2, 0) is 22.6 Å². The minimum atomic E-state index is -0.294. The summed E-state index contributed by atoms with van der Waals surface area (Å²) < 4.78 is 9.63. The molecule has 5 nitrogen and oxygen atoms in total. The molecule has 2 aromatic rings. The van der Waals surface area contributed by atoms with E-state index in [0.717, 1.165) is 67.8 Å². The van der Waals surface area contributed by atoms with Crippen molar-refractivity contribution >= 4 is 11.8 Å². The third kappa shape index (κ3) is 4.08. The Morgan fingerprint density at radius 1 is 1.29 bits per heavy atom. The second-order valence-corrected chi connectivity index (χ2v) is 8.06. The van der Waals surface area contributed by atoms with Crippen LogP contribution >= 0.6 is 0 Å². The molecule has 0 spiro atoms. The van der Waals surface area contributed by atoms with Crippen molar-refractivity contribution in [1.29, 1.82) is 0 Å². The lowest BCUT2D eigenvalue weighted by Crippen LogP contribution is -2.22. The molecule has 0 saturated carbocycles. The molecular formula is C23H32N2O3. The second-order valence-electron chi connectivity index (χ2n) is 8.06. The van der Waals surface area contributed by atoms with Gasteiger partial charge in [-0.3, -0.25) is 9.59 Å². The summed E-state index contributed by atoms with van der Waals surface area (Å²) in [6.07, 6.45) is 6.67. The minimum Gasteiger partial charge on any atom is -0.462 e. The quantitative estimate of drug-likeness (QED) is 0.507. The Kier molecular flexibility index (Phi) is 6.42. The van der Waals surface area contributed by atoms with Crippen molar-refractivity contribution in [3.63, 3.8) is 0 Å². The Morgan fingerprint density at radius 3 is 2.79 bits per heavy atom. The van der Waals surface area contributed by atoms with Gasteiger partial charge in [-0.25, -0.2) is 0 Å². The Labute approximate surface area is 167 Å². The first-order valence-corrected chi connectivity index (χ1v) is 10.5. The summed E-state index contributed by atoms with van der Waals surface area (Å²) in [5, 5.41) is 0. The molecule has 0 aliphatic carbocycles. The van der Waals surface area contributed by atoms with Crippen molar-refractivity contribution in [2.75, 3.05) is 0 Å². The van der Waals surface area contributed by atoms with Crippen LogP contribution in [0.25, 0.3) is 0 Å². The van der Waals surface area contributed by atoms with Crippen molar-refractivity contribution in [1.82, 2.24) is 9.13 Å². The highest BCUT2D eigenvalue weighted by molar-refractivity contribution is 6.08. The van der Waals surface area contributed by atoms with Crippen molar-refractivity contribution in [2.45, 2.75) is 84.9 Å². The Hall–Kier alpha value is -2.30. The van der Waals surface area contributed by atoms with Gasteiger partial charge in [0, 0.05) is 25.0 Å². The second kappa shape index (κ2) is 8.80. The molecule has 3 rings (SSSR count). The zero-order chi connectivity index (χ0) is 20.3. The van der Waals surface area contributed by atoms with Crippen LogP contribution in [0.4, 0.5) is 0 Å². The summed E-state index contributed by atoms with van der Waals surface area (Å²) in [5.74, 6) is -0.430. The van der Waals surface area contributed by atoms with Gasteiger partial charge in [0.15, 0.2) is 0 Å². The van der Waals surface area contributed by atoms with E-state index in [1.54, 1.807) is 0 Å². The van der Waals surface area contributed by atoms with Gasteiger partial charge in [0.1, 0.15) is 0 Å². The van der Waals surface area contributed by atoms with Gasteiger partial charge in [-0.15, -0.1) is 0 Å². The van der Waals surface area contributed by atoms with Crippen molar-refractivity contribution < 1.29 is 14.3 Å². The van der Waals surface area contributed by atoms with E-state index >= 15 is 0 Å². The van der Waals surface area contributed by atoms with E-state index in [0.29, 0.717) is 0 Å². The minimum absolute atomic E-state index is 0.0442. The first-order valence-electron chi connectivity index (χ1n) is 10.5. The largest absolute Gasteiger partial charge is 0.462 e. The predicted molar refractivity (Wildman–Crippen MR) is 110 cm³/mol. The number of aryl methyl sites for hydroxylation is 2. The Balaban J connectivity index is 1.98. The number of carbonyl (C=O) groups excluding carboxylic acids is 2. The highest BCUT2D eigenvalue weighted by atomic mass is 16.5. The van der Waals surface area contributed by atoms with Crippen LogP contribution in [0, 0.1) is 6.92 Å². The molecule has 2 aromatic heterocycles. The molecule has 0 fully saturated rings. The molecule has 28 heavy (non-hydrogen) atoms. The molecule has 0 N–H and O–H groups in total. The molecule has 3 heterocycles. The molecule has 0 bridgehead atoms. The zero-order valence-electron chi connectivity index (χ0n) is 17.5. The van der Waals surface area contributed by atoms with Crippen molar-refractivity contribution in [3.05, 3.63) is 47.0 Å². The van der Waals surface area contributed by atoms with E-state index in [4.69, 9.17) is 4.74 Å². The first kappa shape index (κ1) is 20.4. The third-order valence-corrected chi connectivity index (χ3v) is 5.47. The number of ketones is 1. The maximum atomic E-state index is 13.5. The normalized spacial score (nSPS) is 16.7. The number of fused-ring (bicyclic) bond motifs is 1. The van der Waals surface area contributed by atoms with E-state index in [1.165, 1.54) is 0 Å². The molecule has 1 unspecified atom stereocenters. The number of aromatic nitrogens is 2. The molecule has 1 aliphatic rings. The lowest BCUT2D eigenvalue weighted by molar-refractivity contribution is -0.149. The maximum Gasteiger partial charge on any atom is 0.315 e. The van der Waals surface area contributed by atoms with Crippen molar-refractivity contribution in [3.8, 4) is 0 Å². The van der Waals surface area contributed by atoms with Crippen LogP contribution in [0.3, 0.4) is 0 Å². The fourth-order valence-electron chi connectivity index (χ4n) is 4.13. The highest BCUT2D eigenvalue weighted by Crippen LogP contribution is 2.33. The van der Waals surface area contributed by atoms with Crippen LogP contribution in [0.2, 0.25) is 0 Å². The van der Waals surface area contributed by atoms with Gasteiger partial charge in [0.25, 0.3) is 0 Å². The average Bonchev–Trinajstić information content (AvgIpc) is 3.17. The predicted octanol–water partition coefficient (Wildman–Crippen LogP) is 4.85. The first-order chi connectivity index (χ1) is 13.4. The summed E-state index contributed by atoms with van der Waals surface area (Å²) in [6.45, 7) is 9.49. The van der Waals surface area contributed by atoms with Crippen LogP contribution in [0.15, 0.2) is 24.4 Å². The van der Waals surface area contributed by atoms with E-state index < -0.39 is 0 Å². The lowest BCUT2D eigenvalue weighted by Gasteiger charge is -2.18. The zero-order valence-corrected chi connectivity index (χ0v) is 17.5. The summed E-state index contributed by atoms with van der Waals surface area (Å²) in [6, 6.07) is 5.86. The van der Waals surface area contributed by atoms with Gasteiger partial charge < -0.3 is 13.9 Å². The summed E-state index contributed by atoms with van der Waals surface area (Å²) in [7, 11) is 0. The number of rotatable bonds is 7. The monoisotopic (exact) mass is 384 g/mol. The summed E-state index contributed by atoms with van der Waals surface area (Å²) in [5.41, 5.74) is 3.31. The van der Waals surface area contributed by atoms with Gasteiger partial charge in [0.05, 0.1) is 23.4 Å². The SMILES string of the molecule is CCCCn1cccc1C(=O)c1c(C)cc2n1CCCCC2C(=O)OC(C)C. The number of hydrogen-bond donors (Lipinski definition) is 0. The molecular weight excluding hydrogens is 352 g/mol. The Morgan fingerprint density at radius 2 is 2.07 bits per heavy atom. The number of esters is 1. The van der Waals surface area contributed by atoms with Crippen LogP contribution in [-0.4, -0.2) is 27.0 Å². The topological polar surface area (TPSA) is 53.2 Å². The van der Waals surface area contributed by atoms with E-state index in [-0.39, 0.29) is 23.8 Å². The van der Waals surface area contributed by atoms with Crippen LogP contribution in [0.5, 0.6) is 0 Å².